The topological polar surface area (TPSA) is 21.3 Å². The van der Waals surface area contributed by atoms with E-state index in [0.29, 0.717) is 0 Å². The molecule has 116 valence electrons. The monoisotopic (exact) mass is 291 g/mol. The van der Waals surface area contributed by atoms with Crippen LogP contribution >= 0.6 is 0 Å². The first kappa shape index (κ1) is 14.8. The van der Waals surface area contributed by atoms with Gasteiger partial charge in [-0.15, -0.1) is 0 Å². The van der Waals surface area contributed by atoms with Crippen molar-refractivity contribution >= 4 is 0 Å². The minimum atomic E-state index is -0.172. The van der Waals surface area contributed by atoms with Crippen LogP contribution in [0.25, 0.3) is 0 Å². The molecule has 0 amide bonds. The summed E-state index contributed by atoms with van der Waals surface area (Å²) in [5.41, 5.74) is 0.947. The van der Waals surface area contributed by atoms with Gasteiger partial charge in [-0.05, 0) is 50.4 Å². The van der Waals surface area contributed by atoms with Crippen molar-refractivity contribution in [1.82, 2.24) is 5.32 Å². The van der Waals surface area contributed by atoms with Gasteiger partial charge in [-0.1, -0.05) is 26.2 Å². The number of rotatable bonds is 2. The Morgan fingerprint density at radius 3 is 2.62 bits per heavy atom. The third kappa shape index (κ3) is 3.23. The van der Waals surface area contributed by atoms with E-state index in [4.69, 9.17) is 4.74 Å². The molecule has 21 heavy (non-hydrogen) atoms. The molecule has 1 fully saturated rings. The fourth-order valence-electron chi connectivity index (χ4n) is 3.93. The second kappa shape index (κ2) is 6.35. The molecule has 0 aromatic heterocycles. The standard InChI is InChI=1S/C18H26FNO/c1-2-20-16-13-18(10-6-4-3-5-7-11-18)21-17-9-8-14(19)12-15(16)17/h8-9,12,16,20H,2-7,10-11,13H2,1H3. The maximum Gasteiger partial charge on any atom is 0.125 e. The molecule has 0 radical (unpaired) electrons. The Morgan fingerprint density at radius 1 is 1.19 bits per heavy atom. The van der Waals surface area contributed by atoms with E-state index in [-0.39, 0.29) is 17.5 Å². The summed E-state index contributed by atoms with van der Waals surface area (Å²) in [7, 11) is 0. The van der Waals surface area contributed by atoms with Gasteiger partial charge in [0, 0.05) is 18.0 Å². The molecule has 3 heteroatoms. The largest absolute Gasteiger partial charge is 0.487 e. The van der Waals surface area contributed by atoms with Crippen molar-refractivity contribution in [2.24, 2.45) is 0 Å². The SMILES string of the molecule is CCNC1CC2(CCCCCCC2)Oc2ccc(F)cc21. The summed E-state index contributed by atoms with van der Waals surface area (Å²) >= 11 is 0. The highest BCUT2D eigenvalue weighted by Crippen LogP contribution is 2.45. The molecule has 1 atom stereocenters. The second-order valence-corrected chi connectivity index (χ2v) is 6.55. The molecule has 0 saturated heterocycles. The van der Waals surface area contributed by atoms with Crippen LogP contribution in [0.5, 0.6) is 5.75 Å². The molecular formula is C18H26FNO. The van der Waals surface area contributed by atoms with Crippen molar-refractivity contribution in [3.63, 3.8) is 0 Å². The van der Waals surface area contributed by atoms with E-state index in [1.54, 1.807) is 6.07 Å². The number of nitrogens with one attached hydrogen (secondary N) is 1. The zero-order valence-corrected chi connectivity index (χ0v) is 13.0. The van der Waals surface area contributed by atoms with Crippen molar-refractivity contribution in [2.75, 3.05) is 6.54 Å². The Kier molecular flexibility index (Phi) is 4.48. The number of fused-ring (bicyclic) bond motifs is 1. The molecule has 1 saturated carbocycles. The van der Waals surface area contributed by atoms with Crippen LogP contribution in [0, 0.1) is 5.82 Å². The Hall–Kier alpha value is -1.09. The molecule has 1 aromatic carbocycles. The molecule has 0 bridgehead atoms. The summed E-state index contributed by atoms with van der Waals surface area (Å²) in [6.45, 7) is 3.01. The van der Waals surface area contributed by atoms with E-state index < -0.39 is 0 Å². The fraction of sp³-hybridized carbons (Fsp3) is 0.667. The maximum atomic E-state index is 13.6. The maximum absolute atomic E-state index is 13.6. The van der Waals surface area contributed by atoms with Crippen LogP contribution in [0.2, 0.25) is 0 Å². The van der Waals surface area contributed by atoms with E-state index in [1.807, 2.05) is 6.07 Å². The Balaban J connectivity index is 1.90. The van der Waals surface area contributed by atoms with Gasteiger partial charge >= 0.3 is 0 Å². The summed E-state index contributed by atoms with van der Waals surface area (Å²) in [5.74, 6) is 0.711. The van der Waals surface area contributed by atoms with E-state index in [1.165, 1.54) is 38.2 Å². The predicted octanol–water partition coefficient (Wildman–Crippen LogP) is 4.74. The first-order chi connectivity index (χ1) is 10.2. The normalized spacial score (nSPS) is 24.8. The Bertz CT molecular complexity index is 480. The molecule has 2 nitrogen and oxygen atoms in total. The highest BCUT2D eigenvalue weighted by Gasteiger charge is 2.40. The van der Waals surface area contributed by atoms with Gasteiger partial charge in [-0.25, -0.2) is 4.39 Å². The van der Waals surface area contributed by atoms with Gasteiger partial charge in [0.15, 0.2) is 0 Å². The minimum Gasteiger partial charge on any atom is -0.487 e. The average molecular weight is 291 g/mol. The zero-order valence-electron chi connectivity index (χ0n) is 13.0. The number of hydrogen-bond acceptors (Lipinski definition) is 2. The van der Waals surface area contributed by atoms with Gasteiger partial charge in [0.25, 0.3) is 0 Å². The van der Waals surface area contributed by atoms with Gasteiger partial charge in [0.05, 0.1) is 0 Å². The van der Waals surface area contributed by atoms with Crippen LogP contribution in [-0.2, 0) is 0 Å². The van der Waals surface area contributed by atoms with Gasteiger partial charge in [-0.2, -0.15) is 0 Å². The van der Waals surface area contributed by atoms with Crippen LogP contribution in [-0.4, -0.2) is 12.1 Å². The smallest absolute Gasteiger partial charge is 0.125 e. The van der Waals surface area contributed by atoms with Gasteiger partial charge in [-0.3, -0.25) is 0 Å². The molecule has 2 aliphatic rings. The van der Waals surface area contributed by atoms with E-state index in [2.05, 4.69) is 12.2 Å². The molecule has 1 spiro atoms. The number of ether oxygens (including phenoxy) is 1. The molecule has 3 rings (SSSR count). The summed E-state index contributed by atoms with van der Waals surface area (Å²) < 4.78 is 20.0. The molecule has 1 aromatic rings. The molecular weight excluding hydrogens is 265 g/mol. The van der Waals surface area contributed by atoms with Crippen LogP contribution in [0.15, 0.2) is 18.2 Å². The summed E-state index contributed by atoms with van der Waals surface area (Å²) in [4.78, 5) is 0. The first-order valence-electron chi connectivity index (χ1n) is 8.44. The third-order valence-corrected chi connectivity index (χ3v) is 4.97. The van der Waals surface area contributed by atoms with Crippen LogP contribution in [0.3, 0.4) is 0 Å². The van der Waals surface area contributed by atoms with Crippen LogP contribution in [0.1, 0.15) is 69.9 Å². The highest BCUT2D eigenvalue weighted by atomic mass is 19.1. The molecule has 1 aliphatic heterocycles. The number of benzene rings is 1. The van der Waals surface area contributed by atoms with Gasteiger partial charge < -0.3 is 10.1 Å². The van der Waals surface area contributed by atoms with Crippen molar-refractivity contribution < 1.29 is 9.13 Å². The summed E-state index contributed by atoms with van der Waals surface area (Å²) in [6.07, 6.45) is 9.70. The summed E-state index contributed by atoms with van der Waals surface area (Å²) in [6, 6.07) is 5.19. The molecule has 1 N–H and O–H groups in total. The zero-order chi connectivity index (χ0) is 14.7. The van der Waals surface area contributed by atoms with E-state index in [0.717, 1.165) is 37.1 Å². The Labute approximate surface area is 127 Å². The second-order valence-electron chi connectivity index (χ2n) is 6.55. The number of halogens is 1. The predicted molar refractivity (Wildman–Crippen MR) is 83.1 cm³/mol. The molecule has 1 heterocycles. The average Bonchev–Trinajstić information content (AvgIpc) is 2.45. The van der Waals surface area contributed by atoms with Crippen molar-refractivity contribution in [2.45, 2.75) is 69.9 Å². The minimum absolute atomic E-state index is 0.0436. The molecule has 1 aliphatic carbocycles. The number of hydrogen-bond donors (Lipinski definition) is 1. The van der Waals surface area contributed by atoms with Crippen molar-refractivity contribution in [3.8, 4) is 5.75 Å². The fourth-order valence-corrected chi connectivity index (χ4v) is 3.93. The lowest BCUT2D eigenvalue weighted by Crippen LogP contribution is -2.44. The van der Waals surface area contributed by atoms with E-state index >= 15 is 0 Å². The van der Waals surface area contributed by atoms with Crippen molar-refractivity contribution in [3.05, 3.63) is 29.6 Å². The first-order valence-corrected chi connectivity index (χ1v) is 8.44. The summed E-state index contributed by atoms with van der Waals surface area (Å²) in [5, 5.41) is 3.53. The van der Waals surface area contributed by atoms with Crippen LogP contribution in [0.4, 0.5) is 4.39 Å². The van der Waals surface area contributed by atoms with Crippen LogP contribution < -0.4 is 10.1 Å². The third-order valence-electron chi connectivity index (χ3n) is 4.97. The highest BCUT2D eigenvalue weighted by molar-refractivity contribution is 5.39. The van der Waals surface area contributed by atoms with E-state index in [9.17, 15) is 4.39 Å². The lowest BCUT2D eigenvalue weighted by molar-refractivity contribution is 0.00648. The Morgan fingerprint density at radius 2 is 1.90 bits per heavy atom. The lowest BCUT2D eigenvalue weighted by Gasteiger charge is -2.43. The van der Waals surface area contributed by atoms with Gasteiger partial charge in [0.1, 0.15) is 17.2 Å². The lowest BCUT2D eigenvalue weighted by atomic mass is 9.78. The van der Waals surface area contributed by atoms with Gasteiger partial charge in [0.2, 0.25) is 0 Å². The molecule has 1 unspecified atom stereocenters. The quantitative estimate of drug-likeness (QED) is 0.849. The van der Waals surface area contributed by atoms with Crippen molar-refractivity contribution in [1.29, 1.82) is 0 Å².